The summed E-state index contributed by atoms with van der Waals surface area (Å²) in [7, 11) is 0. The van der Waals surface area contributed by atoms with Gasteiger partial charge < -0.3 is 5.32 Å². The normalized spacial score (nSPS) is 17.1. The Morgan fingerprint density at radius 2 is 1.68 bits per heavy atom. The number of fused-ring (bicyclic) bond motifs is 1. The molecular formula is C18H21N. The van der Waals surface area contributed by atoms with Crippen molar-refractivity contribution in [3.05, 3.63) is 64.2 Å². The summed E-state index contributed by atoms with van der Waals surface area (Å²) in [6.45, 7) is 6.60. The second kappa shape index (κ2) is 4.73. The van der Waals surface area contributed by atoms with Crippen LogP contribution in [0.3, 0.4) is 0 Å². The van der Waals surface area contributed by atoms with Gasteiger partial charge in [0.05, 0.1) is 6.04 Å². The van der Waals surface area contributed by atoms with E-state index in [2.05, 4.69) is 62.5 Å². The smallest absolute Gasteiger partial charge is 0.0555 e. The van der Waals surface area contributed by atoms with Crippen LogP contribution in [0.4, 0.5) is 5.69 Å². The molecule has 1 heterocycles. The molecular weight excluding hydrogens is 230 g/mol. The molecule has 0 aromatic heterocycles. The number of hydrogen-bond acceptors (Lipinski definition) is 1. The first kappa shape index (κ1) is 12.3. The molecule has 0 saturated heterocycles. The van der Waals surface area contributed by atoms with Gasteiger partial charge in [0.15, 0.2) is 0 Å². The lowest BCUT2D eigenvalue weighted by Crippen LogP contribution is -2.05. The Balaban J connectivity index is 1.90. The van der Waals surface area contributed by atoms with E-state index in [1.165, 1.54) is 33.5 Å². The van der Waals surface area contributed by atoms with E-state index in [0.29, 0.717) is 6.04 Å². The molecule has 0 spiro atoms. The molecule has 0 radical (unpaired) electrons. The van der Waals surface area contributed by atoms with E-state index in [4.69, 9.17) is 0 Å². The molecule has 0 fully saturated rings. The van der Waals surface area contributed by atoms with E-state index in [0.717, 1.165) is 12.8 Å². The van der Waals surface area contributed by atoms with E-state index in [1.807, 2.05) is 0 Å². The second-order valence-electron chi connectivity index (χ2n) is 5.55. The lowest BCUT2D eigenvalue weighted by atomic mass is 9.98. The monoisotopic (exact) mass is 251 g/mol. The largest absolute Gasteiger partial charge is 0.377 e. The standard InChI is InChI=1S/C18H21N/c1-4-14-7-9-15(10-8-14)17-11-16-12(2)5-6-13(3)18(16)19-17/h5-10,17,19H,4,11H2,1-3H3. The summed E-state index contributed by atoms with van der Waals surface area (Å²) < 4.78 is 0. The molecule has 1 heteroatoms. The average Bonchev–Trinajstić information content (AvgIpc) is 2.89. The van der Waals surface area contributed by atoms with Crippen LogP contribution >= 0.6 is 0 Å². The van der Waals surface area contributed by atoms with Crippen molar-refractivity contribution < 1.29 is 0 Å². The van der Waals surface area contributed by atoms with Crippen LogP contribution in [0.25, 0.3) is 0 Å². The summed E-state index contributed by atoms with van der Waals surface area (Å²) in [5.74, 6) is 0. The van der Waals surface area contributed by atoms with Crippen LogP contribution in [0.1, 0.15) is 40.8 Å². The zero-order valence-corrected chi connectivity index (χ0v) is 12.0. The van der Waals surface area contributed by atoms with E-state index < -0.39 is 0 Å². The van der Waals surface area contributed by atoms with E-state index in [-0.39, 0.29) is 0 Å². The van der Waals surface area contributed by atoms with Crippen molar-refractivity contribution >= 4 is 5.69 Å². The molecule has 1 nitrogen and oxygen atoms in total. The van der Waals surface area contributed by atoms with Crippen LogP contribution in [0.5, 0.6) is 0 Å². The fraction of sp³-hybridized carbons (Fsp3) is 0.333. The van der Waals surface area contributed by atoms with Crippen LogP contribution < -0.4 is 5.32 Å². The molecule has 0 bridgehead atoms. The molecule has 2 aromatic carbocycles. The molecule has 98 valence electrons. The van der Waals surface area contributed by atoms with Gasteiger partial charge in [-0.3, -0.25) is 0 Å². The van der Waals surface area contributed by atoms with Crippen LogP contribution in [0.15, 0.2) is 36.4 Å². The fourth-order valence-electron chi connectivity index (χ4n) is 2.95. The molecule has 1 atom stereocenters. The van der Waals surface area contributed by atoms with Gasteiger partial charge in [0.2, 0.25) is 0 Å². The number of rotatable bonds is 2. The van der Waals surface area contributed by atoms with Crippen molar-refractivity contribution in [1.29, 1.82) is 0 Å². The van der Waals surface area contributed by atoms with Gasteiger partial charge in [-0.25, -0.2) is 0 Å². The maximum Gasteiger partial charge on any atom is 0.0555 e. The van der Waals surface area contributed by atoms with Gasteiger partial charge in [-0.15, -0.1) is 0 Å². The van der Waals surface area contributed by atoms with E-state index in [9.17, 15) is 0 Å². The third-order valence-corrected chi connectivity index (χ3v) is 4.27. The molecule has 0 saturated carbocycles. The van der Waals surface area contributed by atoms with Crippen molar-refractivity contribution in [2.24, 2.45) is 0 Å². The maximum atomic E-state index is 3.70. The van der Waals surface area contributed by atoms with Crippen molar-refractivity contribution in [3.63, 3.8) is 0 Å². The van der Waals surface area contributed by atoms with Gasteiger partial charge >= 0.3 is 0 Å². The summed E-state index contributed by atoms with van der Waals surface area (Å²) in [6, 6.07) is 13.9. The molecule has 1 N–H and O–H groups in total. The molecule has 0 aliphatic carbocycles. The topological polar surface area (TPSA) is 12.0 Å². The third-order valence-electron chi connectivity index (χ3n) is 4.27. The quantitative estimate of drug-likeness (QED) is 0.824. The average molecular weight is 251 g/mol. The molecule has 0 amide bonds. The third kappa shape index (κ3) is 2.14. The van der Waals surface area contributed by atoms with Crippen molar-refractivity contribution in [3.8, 4) is 0 Å². The zero-order valence-electron chi connectivity index (χ0n) is 12.0. The molecule has 19 heavy (non-hydrogen) atoms. The highest BCUT2D eigenvalue weighted by Crippen LogP contribution is 2.38. The van der Waals surface area contributed by atoms with Gasteiger partial charge in [0.25, 0.3) is 0 Å². The number of hydrogen-bond donors (Lipinski definition) is 1. The van der Waals surface area contributed by atoms with Crippen molar-refractivity contribution in [1.82, 2.24) is 0 Å². The highest BCUT2D eigenvalue weighted by atomic mass is 15.0. The Morgan fingerprint density at radius 3 is 2.32 bits per heavy atom. The highest BCUT2D eigenvalue weighted by Gasteiger charge is 2.24. The summed E-state index contributed by atoms with van der Waals surface area (Å²) in [6.07, 6.45) is 2.21. The predicted octanol–water partition coefficient (Wildman–Crippen LogP) is 4.58. The van der Waals surface area contributed by atoms with Gasteiger partial charge in [0.1, 0.15) is 0 Å². The first-order valence-electron chi connectivity index (χ1n) is 7.13. The molecule has 3 rings (SSSR count). The fourth-order valence-corrected chi connectivity index (χ4v) is 2.95. The Morgan fingerprint density at radius 1 is 1.00 bits per heavy atom. The Labute approximate surface area is 115 Å². The first-order valence-corrected chi connectivity index (χ1v) is 7.13. The number of nitrogens with one attached hydrogen (secondary N) is 1. The van der Waals surface area contributed by atoms with Crippen molar-refractivity contribution in [2.45, 2.75) is 39.7 Å². The minimum atomic E-state index is 0.431. The predicted molar refractivity (Wildman–Crippen MR) is 81.8 cm³/mol. The van der Waals surface area contributed by atoms with Gasteiger partial charge in [-0.1, -0.05) is 43.3 Å². The number of benzene rings is 2. The number of anilines is 1. The molecule has 1 aliphatic heterocycles. The van der Waals surface area contributed by atoms with E-state index in [1.54, 1.807) is 0 Å². The Bertz CT molecular complexity index is 565. The summed E-state index contributed by atoms with van der Waals surface area (Å²) in [4.78, 5) is 0. The van der Waals surface area contributed by atoms with Crippen LogP contribution in [-0.4, -0.2) is 0 Å². The minimum absolute atomic E-state index is 0.431. The minimum Gasteiger partial charge on any atom is -0.377 e. The summed E-state index contributed by atoms with van der Waals surface area (Å²) >= 11 is 0. The lowest BCUT2D eigenvalue weighted by molar-refractivity contribution is 0.820. The maximum absolute atomic E-state index is 3.70. The molecule has 1 unspecified atom stereocenters. The van der Waals surface area contributed by atoms with Gasteiger partial charge in [-0.05, 0) is 54.5 Å². The first-order chi connectivity index (χ1) is 9.19. The second-order valence-corrected chi connectivity index (χ2v) is 5.55. The van der Waals surface area contributed by atoms with Crippen molar-refractivity contribution in [2.75, 3.05) is 5.32 Å². The molecule has 1 aliphatic rings. The van der Waals surface area contributed by atoms with Gasteiger partial charge in [-0.2, -0.15) is 0 Å². The summed E-state index contributed by atoms with van der Waals surface area (Å²) in [5, 5.41) is 3.70. The van der Waals surface area contributed by atoms with Crippen LogP contribution in [0, 0.1) is 13.8 Å². The SMILES string of the molecule is CCc1ccc(C2Cc3c(C)ccc(C)c3N2)cc1. The molecule has 2 aromatic rings. The summed E-state index contributed by atoms with van der Waals surface area (Å²) in [5.41, 5.74) is 8.40. The Hall–Kier alpha value is -1.76. The number of aryl methyl sites for hydroxylation is 3. The van der Waals surface area contributed by atoms with Gasteiger partial charge in [0, 0.05) is 5.69 Å². The Kier molecular flexibility index (Phi) is 3.06. The highest BCUT2D eigenvalue weighted by molar-refractivity contribution is 5.65. The van der Waals surface area contributed by atoms with E-state index >= 15 is 0 Å². The zero-order chi connectivity index (χ0) is 13.4. The van der Waals surface area contributed by atoms with Crippen LogP contribution in [0.2, 0.25) is 0 Å². The lowest BCUT2D eigenvalue weighted by Gasteiger charge is -2.13. The van der Waals surface area contributed by atoms with Crippen LogP contribution in [-0.2, 0) is 12.8 Å².